The van der Waals surface area contributed by atoms with Crippen molar-refractivity contribution in [2.24, 2.45) is 0 Å². The maximum atomic E-state index is 13.0. The number of rotatable bonds is 3. The van der Waals surface area contributed by atoms with Gasteiger partial charge < -0.3 is 5.32 Å². The van der Waals surface area contributed by atoms with Gasteiger partial charge in [-0.15, -0.1) is 0 Å². The van der Waals surface area contributed by atoms with Crippen LogP contribution < -0.4 is 5.32 Å². The Morgan fingerprint density at radius 2 is 1.70 bits per heavy atom. The van der Waals surface area contributed by atoms with E-state index in [0.29, 0.717) is 10.5 Å². The van der Waals surface area contributed by atoms with E-state index in [2.05, 4.69) is 5.32 Å². The van der Waals surface area contributed by atoms with Crippen LogP contribution >= 0.6 is 0 Å². The molecule has 1 atom stereocenters. The summed E-state index contributed by atoms with van der Waals surface area (Å²) in [6.45, 7) is 0. The summed E-state index contributed by atoms with van der Waals surface area (Å²) < 4.78 is 37.0. The van der Waals surface area contributed by atoms with Gasteiger partial charge in [-0.05, 0) is 36.4 Å². The molecule has 0 aliphatic rings. The number of hydrogen-bond donors (Lipinski definition) is 1. The molecule has 2 aromatic rings. The number of halogens is 2. The van der Waals surface area contributed by atoms with Crippen LogP contribution in [0, 0.1) is 11.6 Å². The first-order valence-corrected chi connectivity index (χ1v) is 7.23. The third-order valence-corrected chi connectivity index (χ3v) is 3.56. The molecule has 1 amide bonds. The monoisotopic (exact) mass is 295 g/mol. The SMILES string of the molecule is CS(=O)c1ccc(C(=O)Nc2ccc(F)c(F)c2)cc1. The van der Waals surface area contributed by atoms with Crippen LogP contribution in [0.25, 0.3) is 0 Å². The van der Waals surface area contributed by atoms with E-state index in [-0.39, 0.29) is 5.69 Å². The smallest absolute Gasteiger partial charge is 0.255 e. The van der Waals surface area contributed by atoms with Crippen molar-refractivity contribution in [3.05, 3.63) is 59.7 Å². The highest BCUT2D eigenvalue weighted by Crippen LogP contribution is 2.15. The fourth-order valence-corrected chi connectivity index (χ4v) is 2.09. The van der Waals surface area contributed by atoms with Crippen LogP contribution in [0.2, 0.25) is 0 Å². The molecule has 2 aromatic carbocycles. The van der Waals surface area contributed by atoms with E-state index in [1.54, 1.807) is 12.1 Å². The Morgan fingerprint density at radius 3 is 2.25 bits per heavy atom. The molecule has 104 valence electrons. The molecular weight excluding hydrogens is 284 g/mol. The summed E-state index contributed by atoms with van der Waals surface area (Å²) in [7, 11) is -1.12. The molecule has 0 aromatic heterocycles. The molecule has 0 fully saturated rings. The summed E-state index contributed by atoms with van der Waals surface area (Å²) in [5.41, 5.74) is 0.501. The first kappa shape index (κ1) is 14.3. The Balaban J connectivity index is 2.15. The molecule has 2 rings (SSSR count). The molecule has 0 aliphatic heterocycles. The van der Waals surface area contributed by atoms with Crippen LogP contribution in [0.1, 0.15) is 10.4 Å². The van der Waals surface area contributed by atoms with E-state index in [4.69, 9.17) is 0 Å². The van der Waals surface area contributed by atoms with Gasteiger partial charge in [0.2, 0.25) is 0 Å². The second-order valence-corrected chi connectivity index (χ2v) is 5.44. The van der Waals surface area contributed by atoms with Crippen molar-refractivity contribution in [3.63, 3.8) is 0 Å². The van der Waals surface area contributed by atoms with Gasteiger partial charge in [-0.2, -0.15) is 0 Å². The number of carbonyl (C=O) groups is 1. The highest BCUT2D eigenvalue weighted by molar-refractivity contribution is 7.84. The summed E-state index contributed by atoms with van der Waals surface area (Å²) in [5, 5.41) is 2.45. The topological polar surface area (TPSA) is 46.2 Å². The van der Waals surface area contributed by atoms with E-state index in [9.17, 15) is 17.8 Å². The Morgan fingerprint density at radius 1 is 1.05 bits per heavy atom. The minimum absolute atomic E-state index is 0.164. The zero-order chi connectivity index (χ0) is 14.7. The van der Waals surface area contributed by atoms with Gasteiger partial charge in [-0.3, -0.25) is 9.00 Å². The van der Waals surface area contributed by atoms with E-state index in [1.807, 2.05) is 0 Å². The van der Waals surface area contributed by atoms with Crippen LogP contribution in [0.3, 0.4) is 0 Å². The lowest BCUT2D eigenvalue weighted by Crippen LogP contribution is -2.12. The predicted octanol–water partition coefficient (Wildman–Crippen LogP) is 2.95. The Bertz CT molecular complexity index is 671. The largest absolute Gasteiger partial charge is 0.322 e. The van der Waals surface area contributed by atoms with Crippen LogP contribution in [0.5, 0.6) is 0 Å². The lowest BCUT2D eigenvalue weighted by atomic mass is 10.2. The zero-order valence-corrected chi connectivity index (χ0v) is 11.3. The van der Waals surface area contributed by atoms with Gasteiger partial charge in [0.1, 0.15) is 0 Å². The fourth-order valence-electron chi connectivity index (χ4n) is 1.58. The van der Waals surface area contributed by atoms with Gasteiger partial charge >= 0.3 is 0 Å². The fraction of sp³-hybridized carbons (Fsp3) is 0.0714. The van der Waals surface area contributed by atoms with Gasteiger partial charge in [0, 0.05) is 39.3 Å². The van der Waals surface area contributed by atoms with Gasteiger partial charge in [0.15, 0.2) is 11.6 Å². The lowest BCUT2D eigenvalue weighted by Gasteiger charge is -2.06. The second kappa shape index (κ2) is 5.92. The van der Waals surface area contributed by atoms with Crippen LogP contribution in [0.4, 0.5) is 14.5 Å². The molecule has 0 bridgehead atoms. The molecule has 3 nitrogen and oxygen atoms in total. The molecule has 6 heteroatoms. The maximum Gasteiger partial charge on any atom is 0.255 e. The summed E-state index contributed by atoms with van der Waals surface area (Å²) >= 11 is 0. The number of benzene rings is 2. The zero-order valence-electron chi connectivity index (χ0n) is 10.5. The molecule has 0 spiro atoms. The highest BCUT2D eigenvalue weighted by Gasteiger charge is 2.09. The third-order valence-electron chi connectivity index (χ3n) is 2.63. The van der Waals surface area contributed by atoms with Gasteiger partial charge in [0.25, 0.3) is 5.91 Å². The van der Waals surface area contributed by atoms with Crippen molar-refractivity contribution in [2.75, 3.05) is 11.6 Å². The summed E-state index contributed by atoms with van der Waals surface area (Å²) in [4.78, 5) is 12.5. The molecule has 1 unspecified atom stereocenters. The minimum Gasteiger partial charge on any atom is -0.322 e. The van der Waals surface area contributed by atoms with Crippen LogP contribution in [0.15, 0.2) is 47.4 Å². The Hall–Kier alpha value is -2.08. The molecule has 0 saturated heterocycles. The number of carbonyl (C=O) groups excluding carboxylic acids is 1. The first-order valence-electron chi connectivity index (χ1n) is 5.67. The third kappa shape index (κ3) is 3.27. The molecule has 20 heavy (non-hydrogen) atoms. The summed E-state index contributed by atoms with van der Waals surface area (Å²) in [5.74, 6) is -2.46. The Kier molecular flexibility index (Phi) is 4.24. The first-order chi connectivity index (χ1) is 9.47. The number of amides is 1. The van der Waals surface area contributed by atoms with Crippen molar-refractivity contribution < 1.29 is 17.8 Å². The summed E-state index contributed by atoms with van der Waals surface area (Å²) in [6, 6.07) is 9.31. The van der Waals surface area contributed by atoms with E-state index >= 15 is 0 Å². The normalized spacial score (nSPS) is 11.9. The predicted molar refractivity (Wildman–Crippen MR) is 73.1 cm³/mol. The Labute approximate surface area is 117 Å². The number of anilines is 1. The van der Waals surface area contributed by atoms with Gasteiger partial charge in [0.05, 0.1) is 0 Å². The molecular formula is C14H11F2NO2S. The van der Waals surface area contributed by atoms with Gasteiger partial charge in [-0.1, -0.05) is 0 Å². The average Bonchev–Trinajstić information content (AvgIpc) is 2.43. The average molecular weight is 295 g/mol. The van der Waals surface area contributed by atoms with Crippen molar-refractivity contribution in [1.82, 2.24) is 0 Å². The van der Waals surface area contributed by atoms with Crippen LogP contribution in [-0.4, -0.2) is 16.4 Å². The van der Waals surface area contributed by atoms with Crippen molar-refractivity contribution >= 4 is 22.4 Å². The van der Waals surface area contributed by atoms with Crippen molar-refractivity contribution in [2.45, 2.75) is 4.90 Å². The van der Waals surface area contributed by atoms with E-state index in [0.717, 1.165) is 12.1 Å². The lowest BCUT2D eigenvalue weighted by molar-refractivity contribution is 0.102. The van der Waals surface area contributed by atoms with Crippen LogP contribution in [-0.2, 0) is 10.8 Å². The maximum absolute atomic E-state index is 13.0. The standard InChI is InChI=1S/C14H11F2NO2S/c1-20(19)11-5-2-9(3-6-11)14(18)17-10-4-7-12(15)13(16)8-10/h2-8H,1H3,(H,17,18). The second-order valence-electron chi connectivity index (χ2n) is 4.06. The van der Waals surface area contributed by atoms with Crippen molar-refractivity contribution in [1.29, 1.82) is 0 Å². The number of nitrogens with one attached hydrogen (secondary N) is 1. The summed E-state index contributed by atoms with van der Waals surface area (Å²) in [6.07, 6.45) is 1.54. The van der Waals surface area contributed by atoms with E-state index < -0.39 is 28.3 Å². The highest BCUT2D eigenvalue weighted by atomic mass is 32.2. The quantitative estimate of drug-likeness (QED) is 0.946. The number of hydrogen-bond acceptors (Lipinski definition) is 2. The van der Waals surface area contributed by atoms with Crippen molar-refractivity contribution in [3.8, 4) is 0 Å². The van der Waals surface area contributed by atoms with Gasteiger partial charge in [-0.25, -0.2) is 8.78 Å². The molecule has 0 radical (unpaired) electrons. The molecule has 1 N–H and O–H groups in total. The molecule has 0 saturated carbocycles. The minimum atomic E-state index is -1.12. The molecule has 0 heterocycles. The van der Waals surface area contributed by atoms with E-state index in [1.165, 1.54) is 24.5 Å². The molecule has 0 aliphatic carbocycles.